The number of rotatable bonds is 12. The average molecular weight is 885 g/mol. The Morgan fingerprint density at radius 3 is 2.15 bits per heavy atom. The summed E-state index contributed by atoms with van der Waals surface area (Å²) in [5.74, 6) is 3.10. The summed E-state index contributed by atoms with van der Waals surface area (Å²) in [6.45, 7) is 9.88. The smallest absolute Gasteiger partial charge is 0.187 e. The number of allylic oxidation sites excluding steroid dienone is 2. The van der Waals surface area contributed by atoms with Crippen LogP contribution in [0.3, 0.4) is 0 Å². The Bertz CT molecular complexity index is 1630. The lowest BCUT2D eigenvalue weighted by Gasteiger charge is -2.58. The minimum absolute atomic E-state index is 0.000752. The molecule has 62 heavy (non-hydrogen) atoms. The van der Waals surface area contributed by atoms with Gasteiger partial charge in [-0.15, -0.1) is 0 Å². The molecule has 24 atom stereocenters. The van der Waals surface area contributed by atoms with Crippen molar-refractivity contribution in [2.75, 3.05) is 19.8 Å². The largest absolute Gasteiger partial charge is 0.494 e. The molecule has 3 saturated heterocycles. The fourth-order valence-corrected chi connectivity index (χ4v) is 13.1. The Labute approximate surface area is 363 Å². The molecule has 6 fully saturated rings. The molecule has 0 unspecified atom stereocenters. The molecular weight excluding hydrogens is 812 g/mol. The minimum Gasteiger partial charge on any atom is -0.494 e. The number of ether oxygens (including phenoxy) is 7. The van der Waals surface area contributed by atoms with E-state index in [1.165, 1.54) is 18.1 Å². The zero-order valence-corrected chi connectivity index (χ0v) is 36.6. The fourth-order valence-electron chi connectivity index (χ4n) is 13.1. The van der Waals surface area contributed by atoms with Crippen molar-refractivity contribution in [3.8, 4) is 0 Å². The van der Waals surface area contributed by atoms with Crippen LogP contribution in [0.2, 0.25) is 0 Å². The average Bonchev–Trinajstić information content (AvgIpc) is 3.74. The summed E-state index contributed by atoms with van der Waals surface area (Å²) in [6, 6.07) is 0. The molecule has 17 heteroatoms. The summed E-state index contributed by atoms with van der Waals surface area (Å²) in [4.78, 5) is 0. The highest BCUT2D eigenvalue weighted by Crippen LogP contribution is 2.69. The Hall–Kier alpha value is -1.36. The Kier molecular flexibility index (Phi) is 14.0. The molecule has 8 rings (SSSR count). The molecule has 4 aliphatic heterocycles. The molecule has 0 aromatic rings. The molecule has 8 aliphatic rings. The van der Waals surface area contributed by atoms with E-state index in [9.17, 15) is 51.1 Å². The first kappa shape index (κ1) is 47.1. The predicted molar refractivity (Wildman–Crippen MR) is 216 cm³/mol. The number of hydrogen-bond donors (Lipinski definition) is 10. The second kappa shape index (κ2) is 18.4. The lowest BCUT2D eigenvalue weighted by atomic mass is 9.47. The molecule has 0 aromatic carbocycles. The first-order valence-corrected chi connectivity index (χ1v) is 23.0. The number of aliphatic hydroxyl groups is 10. The van der Waals surface area contributed by atoms with Gasteiger partial charge in [0.05, 0.1) is 37.8 Å². The third kappa shape index (κ3) is 8.25. The van der Waals surface area contributed by atoms with Crippen LogP contribution in [0.5, 0.6) is 0 Å². The molecule has 4 heterocycles. The van der Waals surface area contributed by atoms with Gasteiger partial charge in [0, 0.05) is 12.3 Å². The first-order valence-electron chi connectivity index (χ1n) is 23.0. The van der Waals surface area contributed by atoms with Gasteiger partial charge in [0.15, 0.2) is 18.9 Å². The van der Waals surface area contributed by atoms with Crippen molar-refractivity contribution in [2.45, 2.75) is 197 Å². The maximum absolute atomic E-state index is 11.2. The lowest BCUT2D eigenvalue weighted by molar-refractivity contribution is -0.360. The van der Waals surface area contributed by atoms with Gasteiger partial charge in [-0.3, -0.25) is 0 Å². The molecule has 3 saturated carbocycles. The van der Waals surface area contributed by atoms with Gasteiger partial charge in [0.1, 0.15) is 73.2 Å². The number of fused-ring (bicyclic) bond motifs is 7. The van der Waals surface area contributed by atoms with Gasteiger partial charge < -0.3 is 84.2 Å². The van der Waals surface area contributed by atoms with Gasteiger partial charge in [-0.1, -0.05) is 32.4 Å². The van der Waals surface area contributed by atoms with Crippen LogP contribution in [0.1, 0.15) is 92.4 Å². The van der Waals surface area contributed by atoms with Gasteiger partial charge >= 0.3 is 0 Å². The molecule has 0 amide bonds. The summed E-state index contributed by atoms with van der Waals surface area (Å²) in [7, 11) is 0. The van der Waals surface area contributed by atoms with Crippen molar-refractivity contribution in [3.05, 3.63) is 23.0 Å². The Morgan fingerprint density at radius 1 is 0.758 bits per heavy atom. The molecule has 0 spiro atoms. The van der Waals surface area contributed by atoms with Crippen LogP contribution in [0.4, 0.5) is 0 Å². The first-order chi connectivity index (χ1) is 29.4. The maximum atomic E-state index is 11.2. The van der Waals surface area contributed by atoms with Crippen LogP contribution in [0.15, 0.2) is 23.0 Å². The van der Waals surface area contributed by atoms with Gasteiger partial charge in [0.25, 0.3) is 0 Å². The van der Waals surface area contributed by atoms with E-state index in [0.29, 0.717) is 30.1 Å². The van der Waals surface area contributed by atoms with Crippen LogP contribution in [0.25, 0.3) is 0 Å². The summed E-state index contributed by atoms with van der Waals surface area (Å²) in [5.41, 5.74) is 2.84. The Balaban J connectivity index is 0.854. The van der Waals surface area contributed by atoms with Crippen LogP contribution >= 0.6 is 0 Å². The molecule has 17 nitrogen and oxygen atoms in total. The Morgan fingerprint density at radius 2 is 1.42 bits per heavy atom. The van der Waals surface area contributed by atoms with E-state index in [-0.39, 0.29) is 35.6 Å². The van der Waals surface area contributed by atoms with Gasteiger partial charge in [0.2, 0.25) is 0 Å². The third-order valence-corrected chi connectivity index (χ3v) is 16.8. The molecule has 10 N–H and O–H groups in total. The van der Waals surface area contributed by atoms with Crippen molar-refractivity contribution < 1.29 is 84.2 Å². The van der Waals surface area contributed by atoms with E-state index in [1.54, 1.807) is 0 Å². The predicted octanol–water partition coefficient (Wildman–Crippen LogP) is 0.118. The monoisotopic (exact) mass is 884 g/mol. The summed E-state index contributed by atoms with van der Waals surface area (Å²) < 4.78 is 41.8. The highest BCUT2D eigenvalue weighted by molar-refractivity contribution is 5.30. The SMILES string of the molecule is CC1=C(CC[C@@H](C)CO[C@@H]2O[C@H](CO)[C@@H](O)[C@H](O)[C@H]2O)O[C@H]2C[C@H]3[C@@H]4CC=C5C[C@@H](O[C@@H]6O[C@H](CO)[C@@H](O[C@@H]7O[C@@H](C)[C@H](O)[C@@H](O)[C@H]7O)[C@H](O)[C@H]6O)CC[C@]5(C)[C@H]4CC[C@]3(C)[C@@H]12. The summed E-state index contributed by atoms with van der Waals surface area (Å²) in [5, 5.41) is 103. The highest BCUT2D eigenvalue weighted by atomic mass is 16.7. The second-order valence-electron chi connectivity index (χ2n) is 20.4. The van der Waals surface area contributed by atoms with E-state index in [0.717, 1.165) is 57.1 Å². The molecular formula is C45H72O17. The van der Waals surface area contributed by atoms with E-state index in [1.807, 2.05) is 0 Å². The van der Waals surface area contributed by atoms with Crippen LogP contribution in [0, 0.1) is 40.4 Å². The van der Waals surface area contributed by atoms with Crippen molar-refractivity contribution in [3.63, 3.8) is 0 Å². The van der Waals surface area contributed by atoms with Crippen LogP contribution < -0.4 is 0 Å². The van der Waals surface area contributed by atoms with E-state index in [2.05, 4.69) is 33.8 Å². The van der Waals surface area contributed by atoms with Crippen LogP contribution in [-0.4, -0.2) is 175 Å². The zero-order chi connectivity index (χ0) is 44.6. The number of aliphatic hydroxyl groups excluding tert-OH is 10. The van der Waals surface area contributed by atoms with E-state index < -0.39 is 105 Å². The maximum Gasteiger partial charge on any atom is 0.187 e. The van der Waals surface area contributed by atoms with Crippen molar-refractivity contribution in [1.82, 2.24) is 0 Å². The molecule has 0 bridgehead atoms. The van der Waals surface area contributed by atoms with Gasteiger partial charge in [-0.25, -0.2) is 0 Å². The van der Waals surface area contributed by atoms with Crippen molar-refractivity contribution in [1.29, 1.82) is 0 Å². The zero-order valence-electron chi connectivity index (χ0n) is 36.6. The van der Waals surface area contributed by atoms with Crippen molar-refractivity contribution in [2.24, 2.45) is 40.4 Å². The normalized spacial score (nSPS) is 52.0. The summed E-state index contributed by atoms with van der Waals surface area (Å²) >= 11 is 0. The van der Waals surface area contributed by atoms with E-state index in [4.69, 9.17) is 33.2 Å². The van der Waals surface area contributed by atoms with Crippen molar-refractivity contribution >= 4 is 0 Å². The minimum atomic E-state index is -1.63. The molecule has 4 aliphatic carbocycles. The van der Waals surface area contributed by atoms with Gasteiger partial charge in [-0.05, 0) is 105 Å². The summed E-state index contributed by atoms with van der Waals surface area (Å²) in [6.07, 6.45) is -9.70. The van der Waals surface area contributed by atoms with Crippen LogP contribution in [-0.2, 0) is 33.2 Å². The molecule has 354 valence electrons. The molecule has 0 aromatic heterocycles. The topological polar surface area (TPSA) is 267 Å². The fraction of sp³-hybridized carbons (Fsp3) is 0.911. The third-order valence-electron chi connectivity index (χ3n) is 16.8. The van der Waals surface area contributed by atoms with E-state index >= 15 is 0 Å². The second-order valence-corrected chi connectivity index (χ2v) is 20.4. The highest BCUT2D eigenvalue weighted by Gasteiger charge is 2.64. The number of hydrogen-bond acceptors (Lipinski definition) is 17. The lowest BCUT2D eigenvalue weighted by Crippen LogP contribution is -2.64. The van der Waals surface area contributed by atoms with Gasteiger partial charge in [-0.2, -0.15) is 0 Å². The molecule has 0 radical (unpaired) electrons. The standard InChI is InChI=1S/C45H72O17/c1-19(18-56-41-37(53)35(51)33(49)29(16-46)60-41)6-9-27-20(2)31-28(59-27)15-26-24-8-7-22-14-23(10-12-44(22,4)25(24)11-13-45(26,31)5)58-43-39(55)36(52)40(30(17-47)61-43)62-42-38(54)34(50)32(48)21(3)57-42/h7,19,21,23-26,28-43,46-55H,6,8-18H2,1-5H3/t19-,21+,23+,24-,25+,26+,28+,29-,30-,31+,32+,33-,34-,35+,36-,37-,38-,39-,40-,41-,42+,43-,44+,45+/m1/s1. The quantitative estimate of drug-likeness (QED) is 0.117.